The van der Waals surface area contributed by atoms with Gasteiger partial charge in [-0.3, -0.25) is 0 Å². The van der Waals surface area contributed by atoms with E-state index in [1.165, 1.54) is 12.1 Å². The van der Waals surface area contributed by atoms with E-state index in [1.807, 2.05) is 13.8 Å². The highest BCUT2D eigenvalue weighted by Gasteiger charge is 2.36. The topological polar surface area (TPSA) is 63.4 Å². The Balaban J connectivity index is 2.46. The fourth-order valence-corrected chi connectivity index (χ4v) is 5.12. The minimum Gasteiger partial charge on any atom is -0.399 e. The highest BCUT2D eigenvalue weighted by Crippen LogP contribution is 2.33. The Labute approximate surface area is 119 Å². The molecule has 0 saturated carbocycles. The standard InChI is InChI=1S/C13H19ClN2O2S/c1-9-4-3-5-10(2)16(9)19(17,18)13-7-6-11(15)8-12(13)14/h6-10H,3-5,15H2,1-2H3. The second kappa shape index (κ2) is 5.31. The van der Waals surface area contributed by atoms with E-state index in [1.54, 1.807) is 10.4 Å². The van der Waals surface area contributed by atoms with Gasteiger partial charge in [-0.25, -0.2) is 8.42 Å². The lowest BCUT2D eigenvalue weighted by Crippen LogP contribution is -2.47. The maximum absolute atomic E-state index is 12.7. The number of hydrogen-bond acceptors (Lipinski definition) is 3. The molecule has 0 bridgehead atoms. The van der Waals surface area contributed by atoms with Gasteiger partial charge >= 0.3 is 0 Å². The first kappa shape index (κ1) is 14.6. The van der Waals surface area contributed by atoms with Crippen molar-refractivity contribution in [3.05, 3.63) is 23.2 Å². The summed E-state index contributed by atoms with van der Waals surface area (Å²) in [4.78, 5) is 0.143. The quantitative estimate of drug-likeness (QED) is 0.854. The Hall–Kier alpha value is -0.780. The maximum atomic E-state index is 12.7. The zero-order valence-corrected chi connectivity index (χ0v) is 12.7. The average Bonchev–Trinajstić information content (AvgIpc) is 2.27. The number of nitrogens with two attached hydrogens (primary N) is 1. The Morgan fingerprint density at radius 3 is 2.37 bits per heavy atom. The van der Waals surface area contributed by atoms with Crippen LogP contribution < -0.4 is 5.73 Å². The molecule has 4 nitrogen and oxygen atoms in total. The second-order valence-corrected chi connectivity index (χ2v) is 7.37. The molecule has 0 spiro atoms. The molecular weight excluding hydrogens is 284 g/mol. The van der Waals surface area contributed by atoms with E-state index < -0.39 is 10.0 Å². The van der Waals surface area contributed by atoms with Crippen molar-refractivity contribution in [3.8, 4) is 0 Å². The highest BCUT2D eigenvalue weighted by molar-refractivity contribution is 7.89. The molecule has 0 amide bonds. The van der Waals surface area contributed by atoms with Crippen LogP contribution in [0.3, 0.4) is 0 Å². The molecule has 6 heteroatoms. The summed E-state index contributed by atoms with van der Waals surface area (Å²) >= 11 is 6.04. The summed E-state index contributed by atoms with van der Waals surface area (Å²) in [6.07, 6.45) is 2.83. The number of hydrogen-bond donors (Lipinski definition) is 1. The van der Waals surface area contributed by atoms with Gasteiger partial charge in [-0.2, -0.15) is 4.31 Å². The summed E-state index contributed by atoms with van der Waals surface area (Å²) in [6, 6.07) is 4.54. The minimum absolute atomic E-state index is 0.00219. The summed E-state index contributed by atoms with van der Waals surface area (Å²) in [6.45, 7) is 3.89. The lowest BCUT2D eigenvalue weighted by Gasteiger charge is -2.37. The van der Waals surface area contributed by atoms with Crippen LogP contribution in [-0.4, -0.2) is 24.8 Å². The summed E-state index contributed by atoms with van der Waals surface area (Å²) in [5.74, 6) is 0. The first-order chi connectivity index (χ1) is 8.84. The van der Waals surface area contributed by atoms with Crippen LogP contribution in [0.15, 0.2) is 23.1 Å². The van der Waals surface area contributed by atoms with Crippen molar-refractivity contribution in [2.24, 2.45) is 0 Å². The third kappa shape index (κ3) is 2.73. The fraction of sp³-hybridized carbons (Fsp3) is 0.538. The van der Waals surface area contributed by atoms with Crippen LogP contribution in [0.25, 0.3) is 0 Å². The molecule has 1 aromatic carbocycles. The molecule has 2 unspecified atom stereocenters. The van der Waals surface area contributed by atoms with E-state index >= 15 is 0 Å². The Kier molecular flexibility index (Phi) is 4.08. The van der Waals surface area contributed by atoms with Gasteiger partial charge in [0, 0.05) is 17.8 Å². The summed E-state index contributed by atoms with van der Waals surface area (Å²) in [5.41, 5.74) is 6.07. The second-order valence-electron chi connectivity index (χ2n) is 5.15. The number of benzene rings is 1. The molecule has 106 valence electrons. The molecule has 0 radical (unpaired) electrons. The number of sulfonamides is 1. The molecule has 1 heterocycles. The molecule has 1 aliphatic heterocycles. The van der Waals surface area contributed by atoms with Crippen LogP contribution >= 0.6 is 11.6 Å². The van der Waals surface area contributed by atoms with Gasteiger partial charge in [0.05, 0.1) is 5.02 Å². The Morgan fingerprint density at radius 2 is 1.84 bits per heavy atom. The molecule has 2 atom stereocenters. The van der Waals surface area contributed by atoms with Crippen molar-refractivity contribution in [2.75, 3.05) is 5.73 Å². The van der Waals surface area contributed by atoms with E-state index in [2.05, 4.69) is 0 Å². The molecule has 0 aliphatic carbocycles. The lowest BCUT2D eigenvalue weighted by molar-refractivity contribution is 0.204. The zero-order chi connectivity index (χ0) is 14.2. The van der Waals surface area contributed by atoms with Gasteiger partial charge in [0.25, 0.3) is 0 Å². The summed E-state index contributed by atoms with van der Waals surface area (Å²) in [7, 11) is -3.56. The van der Waals surface area contributed by atoms with E-state index in [9.17, 15) is 8.42 Å². The molecule has 1 aromatic rings. The van der Waals surface area contributed by atoms with E-state index in [-0.39, 0.29) is 22.0 Å². The molecule has 0 aromatic heterocycles. The van der Waals surface area contributed by atoms with Crippen LogP contribution in [0.2, 0.25) is 5.02 Å². The van der Waals surface area contributed by atoms with E-state index in [4.69, 9.17) is 17.3 Å². The van der Waals surface area contributed by atoms with Gasteiger partial charge < -0.3 is 5.73 Å². The SMILES string of the molecule is CC1CCCC(C)N1S(=O)(=O)c1ccc(N)cc1Cl. The molecule has 1 aliphatic rings. The minimum atomic E-state index is -3.56. The molecule has 1 saturated heterocycles. The van der Waals surface area contributed by atoms with Crippen molar-refractivity contribution in [1.82, 2.24) is 4.31 Å². The van der Waals surface area contributed by atoms with Crippen molar-refractivity contribution in [3.63, 3.8) is 0 Å². The monoisotopic (exact) mass is 302 g/mol. The first-order valence-corrected chi connectivity index (χ1v) is 8.24. The van der Waals surface area contributed by atoms with Gasteiger partial charge in [0.15, 0.2) is 0 Å². The summed E-state index contributed by atoms with van der Waals surface area (Å²) < 4.78 is 27.1. The predicted molar refractivity (Wildman–Crippen MR) is 77.7 cm³/mol. The largest absolute Gasteiger partial charge is 0.399 e. The predicted octanol–water partition coefficient (Wildman–Crippen LogP) is 2.87. The summed E-state index contributed by atoms with van der Waals surface area (Å²) in [5, 5.41) is 0.185. The normalized spacial score (nSPS) is 25.4. The third-order valence-corrected chi connectivity index (χ3v) is 6.24. The number of halogens is 1. The lowest BCUT2D eigenvalue weighted by atomic mass is 10.0. The zero-order valence-electron chi connectivity index (χ0n) is 11.1. The number of nitrogen functional groups attached to an aromatic ring is 1. The van der Waals surface area contributed by atoms with Gasteiger partial charge in [-0.1, -0.05) is 18.0 Å². The molecular formula is C13H19ClN2O2S. The van der Waals surface area contributed by atoms with Crippen LogP contribution in [0.5, 0.6) is 0 Å². The van der Waals surface area contributed by atoms with E-state index in [0.29, 0.717) is 5.69 Å². The van der Waals surface area contributed by atoms with Crippen LogP contribution in [0.4, 0.5) is 5.69 Å². The highest BCUT2D eigenvalue weighted by atomic mass is 35.5. The number of rotatable bonds is 2. The molecule has 1 fully saturated rings. The Morgan fingerprint density at radius 1 is 1.26 bits per heavy atom. The van der Waals surface area contributed by atoms with Crippen molar-refractivity contribution >= 4 is 27.3 Å². The van der Waals surface area contributed by atoms with Crippen LogP contribution in [0, 0.1) is 0 Å². The molecule has 2 rings (SSSR count). The third-order valence-electron chi connectivity index (χ3n) is 3.62. The van der Waals surface area contributed by atoms with Crippen molar-refractivity contribution in [1.29, 1.82) is 0 Å². The number of anilines is 1. The smallest absolute Gasteiger partial charge is 0.245 e. The van der Waals surface area contributed by atoms with Crippen molar-refractivity contribution in [2.45, 2.75) is 50.1 Å². The average molecular weight is 303 g/mol. The number of piperidine rings is 1. The molecule has 19 heavy (non-hydrogen) atoms. The van der Waals surface area contributed by atoms with Gasteiger partial charge in [0.1, 0.15) is 4.90 Å². The van der Waals surface area contributed by atoms with Gasteiger partial charge in [0.2, 0.25) is 10.0 Å². The van der Waals surface area contributed by atoms with Crippen LogP contribution in [-0.2, 0) is 10.0 Å². The van der Waals surface area contributed by atoms with Crippen molar-refractivity contribution < 1.29 is 8.42 Å². The maximum Gasteiger partial charge on any atom is 0.245 e. The number of nitrogens with zero attached hydrogens (tertiary/aromatic N) is 1. The molecule has 2 N–H and O–H groups in total. The fourth-order valence-electron chi connectivity index (χ4n) is 2.71. The van der Waals surface area contributed by atoms with Crippen LogP contribution in [0.1, 0.15) is 33.1 Å². The van der Waals surface area contributed by atoms with E-state index in [0.717, 1.165) is 19.3 Å². The Bertz CT molecular complexity index is 564. The van der Waals surface area contributed by atoms with Gasteiger partial charge in [-0.05, 0) is 44.9 Å². The first-order valence-electron chi connectivity index (χ1n) is 6.42. The van der Waals surface area contributed by atoms with Gasteiger partial charge in [-0.15, -0.1) is 0 Å².